The van der Waals surface area contributed by atoms with E-state index in [0.717, 1.165) is 30.9 Å². The molecular formula is C27H33NO9. The van der Waals surface area contributed by atoms with E-state index >= 15 is 0 Å². The van der Waals surface area contributed by atoms with Gasteiger partial charge in [0.2, 0.25) is 0 Å². The highest BCUT2D eigenvalue weighted by molar-refractivity contribution is 6.06. The van der Waals surface area contributed by atoms with E-state index in [4.69, 9.17) is 25.2 Å². The number of ketones is 1. The largest absolute Gasteiger partial charge is 0.492 e. The molecule has 0 saturated carbocycles. The Hall–Kier alpha value is -4.02. The predicted octanol–water partition coefficient (Wildman–Crippen LogP) is 3.05. The first-order chi connectivity index (χ1) is 17.5. The molecule has 37 heavy (non-hydrogen) atoms. The van der Waals surface area contributed by atoms with Crippen molar-refractivity contribution in [3.05, 3.63) is 71.8 Å². The maximum absolute atomic E-state index is 12.2. The standard InChI is InChI=1S/C21H25NO2.C6H8O7/c1-3-22(4-2)16-17-24-20-13-11-19(12-14-20)21(23)15-10-18-8-6-5-7-9-18;7-3(8)1-6(13,5(11)12)2-4(9)10/h5-15H,3-4,16-17H2,1-2H3;13H,1-2H2,(H,7,8)(H,9,10)(H,11,12)/b15-10-;. The number of ether oxygens (including phenoxy) is 1. The van der Waals surface area contributed by atoms with E-state index in [9.17, 15) is 19.2 Å². The lowest BCUT2D eigenvalue weighted by atomic mass is 9.96. The van der Waals surface area contributed by atoms with Crippen molar-refractivity contribution in [3.8, 4) is 5.75 Å². The van der Waals surface area contributed by atoms with E-state index in [1.54, 1.807) is 6.08 Å². The van der Waals surface area contributed by atoms with Crippen LogP contribution in [0.4, 0.5) is 0 Å². The topological polar surface area (TPSA) is 162 Å². The molecule has 0 bridgehead atoms. The summed E-state index contributed by atoms with van der Waals surface area (Å²) in [6, 6.07) is 17.1. The summed E-state index contributed by atoms with van der Waals surface area (Å²) in [5, 5.41) is 33.8. The fourth-order valence-electron chi connectivity index (χ4n) is 3.09. The van der Waals surface area contributed by atoms with Crippen LogP contribution in [0.3, 0.4) is 0 Å². The molecule has 0 amide bonds. The number of nitrogens with zero attached hydrogens (tertiary/aromatic N) is 1. The summed E-state index contributed by atoms with van der Waals surface area (Å²) in [4.78, 5) is 45.0. The highest BCUT2D eigenvalue weighted by atomic mass is 16.5. The number of likely N-dealkylation sites (N-methyl/N-ethyl adjacent to an activating group) is 1. The normalized spacial score (nSPS) is 11.0. The number of aliphatic carboxylic acids is 3. The van der Waals surface area contributed by atoms with Gasteiger partial charge >= 0.3 is 17.9 Å². The van der Waals surface area contributed by atoms with Crippen molar-refractivity contribution in [2.75, 3.05) is 26.2 Å². The minimum Gasteiger partial charge on any atom is -0.492 e. The third-order valence-corrected chi connectivity index (χ3v) is 5.22. The Morgan fingerprint density at radius 3 is 1.86 bits per heavy atom. The molecule has 2 rings (SSSR count). The first-order valence-corrected chi connectivity index (χ1v) is 11.6. The van der Waals surface area contributed by atoms with Gasteiger partial charge in [-0.1, -0.05) is 50.3 Å². The summed E-state index contributed by atoms with van der Waals surface area (Å²) in [7, 11) is 0. The number of carboxylic acids is 3. The summed E-state index contributed by atoms with van der Waals surface area (Å²) in [6.45, 7) is 7.91. The number of rotatable bonds is 14. The van der Waals surface area contributed by atoms with E-state index in [1.807, 2.05) is 60.7 Å². The van der Waals surface area contributed by atoms with Gasteiger partial charge in [-0.15, -0.1) is 0 Å². The van der Waals surface area contributed by atoms with Gasteiger partial charge in [0, 0.05) is 12.1 Å². The molecule has 0 aliphatic rings. The number of aliphatic hydroxyl groups is 1. The molecule has 2 aromatic rings. The summed E-state index contributed by atoms with van der Waals surface area (Å²) in [5.41, 5.74) is -1.06. The lowest BCUT2D eigenvalue weighted by Crippen LogP contribution is -2.42. The Balaban J connectivity index is 0.000000448. The average Bonchev–Trinajstić information content (AvgIpc) is 2.85. The second-order valence-corrected chi connectivity index (χ2v) is 7.99. The zero-order valence-corrected chi connectivity index (χ0v) is 20.9. The quantitative estimate of drug-likeness (QED) is 0.217. The second kappa shape index (κ2) is 15.9. The molecule has 10 heteroatoms. The smallest absolute Gasteiger partial charge is 0.336 e. The first-order valence-electron chi connectivity index (χ1n) is 11.6. The van der Waals surface area contributed by atoms with Crippen molar-refractivity contribution in [3.63, 3.8) is 0 Å². The Morgan fingerprint density at radius 2 is 1.41 bits per heavy atom. The molecule has 0 unspecified atom stereocenters. The maximum atomic E-state index is 12.2. The van der Waals surface area contributed by atoms with Gasteiger partial charge in [-0.05, 0) is 49.0 Å². The molecule has 0 radical (unpaired) electrons. The van der Waals surface area contributed by atoms with Crippen LogP contribution in [0.25, 0.3) is 6.08 Å². The Kier molecular flexibility index (Phi) is 13.3. The number of hydrogen-bond acceptors (Lipinski definition) is 7. The molecular weight excluding hydrogens is 482 g/mol. The molecule has 0 aromatic heterocycles. The van der Waals surface area contributed by atoms with Crippen LogP contribution in [0.15, 0.2) is 60.7 Å². The van der Waals surface area contributed by atoms with Gasteiger partial charge in [0.1, 0.15) is 12.4 Å². The summed E-state index contributed by atoms with van der Waals surface area (Å²) >= 11 is 0. The van der Waals surface area contributed by atoms with Crippen LogP contribution in [0.5, 0.6) is 5.75 Å². The van der Waals surface area contributed by atoms with E-state index in [-0.39, 0.29) is 5.78 Å². The number of benzene rings is 2. The Labute approximate surface area is 215 Å². The van der Waals surface area contributed by atoms with Crippen LogP contribution in [-0.2, 0) is 14.4 Å². The average molecular weight is 516 g/mol. The van der Waals surface area contributed by atoms with E-state index in [1.165, 1.54) is 0 Å². The number of carboxylic acid groups (broad SMARTS) is 3. The molecule has 0 fully saturated rings. The molecule has 0 aliphatic heterocycles. The van der Waals surface area contributed by atoms with Crippen molar-refractivity contribution in [2.24, 2.45) is 0 Å². The zero-order valence-electron chi connectivity index (χ0n) is 20.9. The minimum atomic E-state index is -2.74. The molecule has 0 atom stereocenters. The highest BCUT2D eigenvalue weighted by Gasteiger charge is 2.40. The van der Waals surface area contributed by atoms with Gasteiger partial charge in [0.15, 0.2) is 11.4 Å². The van der Waals surface area contributed by atoms with Crippen molar-refractivity contribution in [2.45, 2.75) is 32.3 Å². The molecule has 0 heterocycles. The van der Waals surface area contributed by atoms with Crippen LogP contribution in [0.1, 0.15) is 42.6 Å². The van der Waals surface area contributed by atoms with Crippen LogP contribution >= 0.6 is 0 Å². The van der Waals surface area contributed by atoms with Gasteiger partial charge in [-0.3, -0.25) is 14.4 Å². The molecule has 2 aromatic carbocycles. The monoisotopic (exact) mass is 515 g/mol. The van der Waals surface area contributed by atoms with Crippen LogP contribution < -0.4 is 4.74 Å². The fraction of sp³-hybridized carbons (Fsp3) is 0.333. The minimum absolute atomic E-state index is 0.00598. The predicted molar refractivity (Wildman–Crippen MR) is 137 cm³/mol. The molecule has 4 N–H and O–H groups in total. The summed E-state index contributed by atoms with van der Waals surface area (Å²) in [6.07, 6.45) is 1.14. The van der Waals surface area contributed by atoms with Crippen molar-refractivity contribution >= 4 is 29.8 Å². The highest BCUT2D eigenvalue weighted by Crippen LogP contribution is 2.16. The zero-order chi connectivity index (χ0) is 27.8. The van der Waals surface area contributed by atoms with Crippen LogP contribution in [-0.4, -0.2) is 80.9 Å². The Bertz CT molecular complexity index is 1030. The number of allylic oxidation sites excluding steroid dienone is 1. The maximum Gasteiger partial charge on any atom is 0.336 e. The SMILES string of the molecule is CCN(CC)CCOc1ccc(C(=O)/C=C\c2ccccc2)cc1.O=C(O)CC(O)(CC(=O)O)C(=O)O. The van der Waals surface area contributed by atoms with E-state index < -0.39 is 36.4 Å². The molecule has 200 valence electrons. The van der Waals surface area contributed by atoms with Crippen molar-refractivity contribution in [1.82, 2.24) is 4.90 Å². The molecule has 10 nitrogen and oxygen atoms in total. The third kappa shape index (κ3) is 12.0. The van der Waals surface area contributed by atoms with Gasteiger partial charge in [0.05, 0.1) is 12.8 Å². The van der Waals surface area contributed by atoms with E-state index in [0.29, 0.717) is 12.2 Å². The first kappa shape index (κ1) is 31.0. The van der Waals surface area contributed by atoms with Crippen LogP contribution in [0, 0.1) is 0 Å². The lowest BCUT2D eigenvalue weighted by molar-refractivity contribution is -0.170. The number of hydrogen-bond donors (Lipinski definition) is 4. The van der Waals surface area contributed by atoms with Crippen LogP contribution in [0.2, 0.25) is 0 Å². The second-order valence-electron chi connectivity index (χ2n) is 7.99. The van der Waals surface area contributed by atoms with Crippen molar-refractivity contribution < 1.29 is 44.3 Å². The number of carbonyl (C=O) groups excluding carboxylic acids is 1. The molecule has 0 saturated heterocycles. The summed E-state index contributed by atoms with van der Waals surface area (Å²) < 4.78 is 5.73. The van der Waals surface area contributed by atoms with E-state index in [2.05, 4.69) is 18.7 Å². The van der Waals surface area contributed by atoms with Crippen molar-refractivity contribution in [1.29, 1.82) is 0 Å². The summed E-state index contributed by atoms with van der Waals surface area (Å²) in [5.74, 6) is -4.23. The van der Waals surface area contributed by atoms with Gasteiger partial charge in [-0.25, -0.2) is 4.79 Å². The molecule has 0 spiro atoms. The number of carbonyl (C=O) groups is 4. The Morgan fingerprint density at radius 1 is 0.865 bits per heavy atom. The van der Waals surface area contributed by atoms with Gasteiger partial charge in [0.25, 0.3) is 0 Å². The third-order valence-electron chi connectivity index (χ3n) is 5.22. The fourth-order valence-corrected chi connectivity index (χ4v) is 3.09. The van der Waals surface area contributed by atoms with Gasteiger partial charge in [-0.2, -0.15) is 0 Å². The molecule has 0 aliphatic carbocycles. The van der Waals surface area contributed by atoms with Gasteiger partial charge < -0.3 is 30.1 Å². The lowest BCUT2D eigenvalue weighted by Gasteiger charge is -2.18.